The summed E-state index contributed by atoms with van der Waals surface area (Å²) in [7, 11) is 0. The van der Waals surface area contributed by atoms with Gasteiger partial charge in [0.25, 0.3) is 0 Å². The number of hydrogen-bond acceptors (Lipinski definition) is 5. The molecule has 1 heterocycles. The van der Waals surface area contributed by atoms with E-state index in [1.165, 1.54) is 0 Å². The molecule has 1 aliphatic rings. The van der Waals surface area contributed by atoms with Gasteiger partial charge in [-0.25, -0.2) is 4.79 Å². The zero-order valence-corrected chi connectivity index (χ0v) is 19.3. The van der Waals surface area contributed by atoms with Crippen molar-refractivity contribution < 1.29 is 24.2 Å². The van der Waals surface area contributed by atoms with Crippen LogP contribution in [0.1, 0.15) is 48.5 Å². The summed E-state index contributed by atoms with van der Waals surface area (Å²) in [5.41, 5.74) is 5.02. The second-order valence-corrected chi connectivity index (χ2v) is 8.44. The van der Waals surface area contributed by atoms with Gasteiger partial charge in [-0.3, -0.25) is 14.6 Å². The molecule has 0 spiro atoms. The lowest BCUT2D eigenvalue weighted by atomic mass is 9.98. The number of fused-ring (bicyclic) bond motifs is 3. The maximum Gasteiger partial charge on any atom is 0.407 e. The molecule has 0 bridgehead atoms. The van der Waals surface area contributed by atoms with E-state index in [9.17, 15) is 14.4 Å². The summed E-state index contributed by atoms with van der Waals surface area (Å²) in [6, 6.07) is 19.9. The Hall–Kier alpha value is -4.20. The Balaban J connectivity index is 1.41. The van der Waals surface area contributed by atoms with Crippen molar-refractivity contribution in [1.82, 2.24) is 15.6 Å². The highest BCUT2D eigenvalue weighted by molar-refractivity contribution is 5.86. The summed E-state index contributed by atoms with van der Waals surface area (Å²) in [6.45, 7) is 1.86. The summed E-state index contributed by atoms with van der Waals surface area (Å²) in [5.74, 6) is -1.68. The molecule has 1 aromatic heterocycles. The minimum atomic E-state index is -1.06. The molecule has 35 heavy (non-hydrogen) atoms. The standard InChI is InChI=1S/C27H27N3O5/c1-17(23-12-6-7-15-28-23)29-26(33)24(13-14-25(31)32)30-27(34)35-16-22-20-10-4-2-8-18(20)19-9-3-5-11-21(19)22/h2-12,15,17,22,24H,13-14,16H2,1H3,(H,29,33)(H,30,34)(H,31,32)/t17-,24?/m1/s1. The maximum absolute atomic E-state index is 12.9. The molecular formula is C27H27N3O5. The van der Waals surface area contributed by atoms with Crippen LogP contribution in [0.5, 0.6) is 0 Å². The lowest BCUT2D eigenvalue weighted by Gasteiger charge is -2.21. The topological polar surface area (TPSA) is 118 Å². The molecule has 0 saturated heterocycles. The number of carboxylic acids is 1. The van der Waals surface area contributed by atoms with Crippen molar-refractivity contribution in [2.24, 2.45) is 0 Å². The molecule has 0 aliphatic heterocycles. The SMILES string of the molecule is C[C@@H](NC(=O)C(CCC(=O)O)NC(=O)OCC1c2ccccc2-c2ccccc21)c1ccccn1. The molecule has 0 saturated carbocycles. The lowest BCUT2D eigenvalue weighted by Crippen LogP contribution is -2.48. The number of nitrogens with zero attached hydrogens (tertiary/aromatic N) is 1. The Labute approximate surface area is 203 Å². The predicted molar refractivity (Wildman–Crippen MR) is 130 cm³/mol. The highest BCUT2D eigenvalue weighted by atomic mass is 16.5. The number of benzene rings is 2. The van der Waals surface area contributed by atoms with Crippen LogP contribution in [0, 0.1) is 0 Å². The van der Waals surface area contributed by atoms with Crippen LogP contribution >= 0.6 is 0 Å². The van der Waals surface area contributed by atoms with E-state index in [2.05, 4.69) is 15.6 Å². The van der Waals surface area contributed by atoms with Crippen molar-refractivity contribution in [3.63, 3.8) is 0 Å². The highest BCUT2D eigenvalue weighted by Gasteiger charge is 2.30. The van der Waals surface area contributed by atoms with E-state index < -0.39 is 30.1 Å². The molecule has 1 aliphatic carbocycles. The van der Waals surface area contributed by atoms with E-state index in [0.29, 0.717) is 5.69 Å². The van der Waals surface area contributed by atoms with Crippen molar-refractivity contribution in [2.75, 3.05) is 6.61 Å². The second-order valence-electron chi connectivity index (χ2n) is 8.44. The number of aromatic nitrogens is 1. The Morgan fingerprint density at radius 2 is 1.57 bits per heavy atom. The van der Waals surface area contributed by atoms with Crippen LogP contribution < -0.4 is 10.6 Å². The molecule has 0 fully saturated rings. The van der Waals surface area contributed by atoms with E-state index >= 15 is 0 Å². The van der Waals surface area contributed by atoms with E-state index in [-0.39, 0.29) is 25.4 Å². The van der Waals surface area contributed by atoms with E-state index in [0.717, 1.165) is 22.3 Å². The number of carbonyl (C=O) groups is 3. The van der Waals surface area contributed by atoms with Crippen molar-refractivity contribution in [3.8, 4) is 11.1 Å². The fourth-order valence-corrected chi connectivity index (χ4v) is 4.34. The molecule has 1 unspecified atom stereocenters. The molecule has 4 rings (SSSR count). The van der Waals surface area contributed by atoms with E-state index in [1.54, 1.807) is 25.3 Å². The van der Waals surface area contributed by atoms with Gasteiger partial charge < -0.3 is 20.5 Å². The van der Waals surface area contributed by atoms with Gasteiger partial charge in [0, 0.05) is 18.5 Å². The second kappa shape index (κ2) is 10.8. The fourth-order valence-electron chi connectivity index (χ4n) is 4.34. The summed E-state index contributed by atoms with van der Waals surface area (Å²) < 4.78 is 5.53. The number of rotatable bonds is 9. The Kier molecular flexibility index (Phi) is 7.40. The van der Waals surface area contributed by atoms with Gasteiger partial charge >= 0.3 is 12.1 Å². The van der Waals surface area contributed by atoms with Gasteiger partial charge in [0.2, 0.25) is 5.91 Å². The molecule has 3 aromatic rings. The number of aliphatic carboxylic acids is 1. The van der Waals surface area contributed by atoms with Gasteiger partial charge in [-0.05, 0) is 47.7 Å². The zero-order chi connectivity index (χ0) is 24.8. The summed E-state index contributed by atoms with van der Waals surface area (Å²) in [4.78, 5) is 40.8. The van der Waals surface area contributed by atoms with E-state index in [1.807, 2.05) is 54.6 Å². The average molecular weight is 474 g/mol. The average Bonchev–Trinajstić information content (AvgIpc) is 3.19. The number of ether oxygens (including phenoxy) is 1. The Morgan fingerprint density at radius 3 is 2.17 bits per heavy atom. The normalized spacial score (nSPS) is 13.7. The number of carboxylic acid groups (broad SMARTS) is 1. The Morgan fingerprint density at radius 1 is 0.943 bits per heavy atom. The van der Waals surface area contributed by atoms with Gasteiger partial charge in [0.1, 0.15) is 12.6 Å². The van der Waals surface area contributed by atoms with Crippen molar-refractivity contribution >= 4 is 18.0 Å². The van der Waals surface area contributed by atoms with Crippen LogP contribution in [-0.4, -0.2) is 40.7 Å². The van der Waals surface area contributed by atoms with Crippen molar-refractivity contribution in [3.05, 3.63) is 89.7 Å². The molecule has 8 nitrogen and oxygen atoms in total. The predicted octanol–water partition coefficient (Wildman–Crippen LogP) is 4.03. The molecule has 2 amide bonds. The van der Waals surface area contributed by atoms with Crippen molar-refractivity contribution in [1.29, 1.82) is 0 Å². The van der Waals surface area contributed by atoms with Crippen LogP contribution in [0.2, 0.25) is 0 Å². The number of nitrogens with one attached hydrogen (secondary N) is 2. The molecule has 2 aromatic carbocycles. The smallest absolute Gasteiger partial charge is 0.407 e. The first-order chi connectivity index (χ1) is 16.9. The number of amides is 2. The third-order valence-electron chi connectivity index (χ3n) is 6.09. The number of carbonyl (C=O) groups excluding carboxylic acids is 2. The van der Waals surface area contributed by atoms with Gasteiger partial charge in [0.05, 0.1) is 11.7 Å². The largest absolute Gasteiger partial charge is 0.481 e. The molecular weight excluding hydrogens is 446 g/mol. The number of hydrogen-bond donors (Lipinski definition) is 3. The number of pyridine rings is 1. The van der Waals surface area contributed by atoms with Crippen LogP contribution in [0.25, 0.3) is 11.1 Å². The van der Waals surface area contributed by atoms with Gasteiger partial charge in [-0.2, -0.15) is 0 Å². The minimum absolute atomic E-state index is 0.0691. The first-order valence-corrected chi connectivity index (χ1v) is 11.5. The molecule has 2 atom stereocenters. The zero-order valence-electron chi connectivity index (χ0n) is 19.3. The maximum atomic E-state index is 12.9. The third-order valence-corrected chi connectivity index (χ3v) is 6.09. The van der Waals surface area contributed by atoms with E-state index in [4.69, 9.17) is 9.84 Å². The lowest BCUT2D eigenvalue weighted by molar-refractivity contribution is -0.137. The van der Waals surface area contributed by atoms with Crippen molar-refractivity contribution in [2.45, 2.75) is 37.8 Å². The van der Waals surface area contributed by atoms with Gasteiger partial charge in [-0.1, -0.05) is 54.6 Å². The first kappa shape index (κ1) is 23.9. The molecule has 180 valence electrons. The quantitative estimate of drug-likeness (QED) is 0.432. The van der Waals surface area contributed by atoms with Crippen LogP contribution in [0.3, 0.4) is 0 Å². The summed E-state index contributed by atoms with van der Waals surface area (Å²) in [5, 5.41) is 14.4. The van der Waals surface area contributed by atoms with Gasteiger partial charge in [-0.15, -0.1) is 0 Å². The molecule has 0 radical (unpaired) electrons. The minimum Gasteiger partial charge on any atom is -0.481 e. The monoisotopic (exact) mass is 473 g/mol. The van der Waals surface area contributed by atoms with Gasteiger partial charge in [0.15, 0.2) is 0 Å². The number of alkyl carbamates (subject to hydrolysis) is 1. The van der Waals surface area contributed by atoms with Crippen LogP contribution in [-0.2, 0) is 14.3 Å². The fraction of sp³-hybridized carbons (Fsp3) is 0.259. The summed E-state index contributed by atoms with van der Waals surface area (Å²) in [6.07, 6.45) is 0.498. The molecule has 8 heteroatoms. The van der Waals surface area contributed by atoms with Crippen LogP contribution in [0.15, 0.2) is 72.9 Å². The third kappa shape index (κ3) is 5.66. The molecule has 3 N–H and O–H groups in total. The summed E-state index contributed by atoms with van der Waals surface area (Å²) >= 11 is 0. The Bertz CT molecular complexity index is 1170. The van der Waals surface area contributed by atoms with Crippen LogP contribution in [0.4, 0.5) is 4.79 Å². The highest BCUT2D eigenvalue weighted by Crippen LogP contribution is 2.44. The first-order valence-electron chi connectivity index (χ1n) is 11.5.